The number of carbonyl (C=O) groups is 1. The maximum Gasteiger partial charge on any atom is 0.161 e. The van der Waals surface area contributed by atoms with Gasteiger partial charge >= 0.3 is 0 Å². The molecular formula is C18H28N2O3. The zero-order chi connectivity index (χ0) is 17.4. The van der Waals surface area contributed by atoms with Crippen LogP contribution in [-0.4, -0.2) is 71.1 Å². The Morgan fingerprint density at radius 2 is 1.61 bits per heavy atom. The van der Waals surface area contributed by atoms with Gasteiger partial charge in [0.15, 0.2) is 17.3 Å². The molecule has 1 rings (SSSR count). The Morgan fingerprint density at radius 1 is 1.04 bits per heavy atom. The minimum absolute atomic E-state index is 0.0450. The third-order valence-electron chi connectivity index (χ3n) is 3.42. The van der Waals surface area contributed by atoms with Crippen molar-refractivity contribution in [3.8, 4) is 11.5 Å². The van der Waals surface area contributed by atoms with Crippen LogP contribution in [0.5, 0.6) is 11.5 Å². The van der Waals surface area contributed by atoms with Gasteiger partial charge in [0.25, 0.3) is 0 Å². The standard InChI is InChI=1S/C18H28N2O3/c1-19(2)12-15(13-20(3)4)16(21)9-7-14-8-10-17(22-5)18(11-14)23-6/h7-11,15H,12-13H2,1-6H3. The quantitative estimate of drug-likeness (QED) is 0.651. The van der Waals surface area contributed by atoms with E-state index < -0.39 is 0 Å². The lowest BCUT2D eigenvalue weighted by atomic mass is 10.0. The van der Waals surface area contributed by atoms with Crippen LogP contribution in [0.1, 0.15) is 5.56 Å². The summed E-state index contributed by atoms with van der Waals surface area (Å²) in [6, 6.07) is 5.59. The number of nitrogens with zero attached hydrogens (tertiary/aromatic N) is 2. The number of rotatable bonds is 9. The van der Waals surface area contributed by atoms with E-state index in [0.29, 0.717) is 11.5 Å². The van der Waals surface area contributed by atoms with Gasteiger partial charge in [-0.2, -0.15) is 0 Å². The fraction of sp³-hybridized carbons (Fsp3) is 0.500. The second-order valence-electron chi connectivity index (χ2n) is 6.07. The van der Waals surface area contributed by atoms with E-state index in [1.165, 1.54) is 0 Å². The number of ether oxygens (including phenoxy) is 2. The first-order valence-corrected chi connectivity index (χ1v) is 7.60. The highest BCUT2D eigenvalue weighted by Crippen LogP contribution is 2.28. The predicted octanol–water partition coefficient (Wildman–Crippen LogP) is 2.03. The first-order valence-electron chi connectivity index (χ1n) is 7.60. The van der Waals surface area contributed by atoms with E-state index in [1.807, 2.05) is 62.3 Å². The van der Waals surface area contributed by atoms with E-state index in [1.54, 1.807) is 20.3 Å². The Balaban J connectivity index is 2.86. The highest BCUT2D eigenvalue weighted by Gasteiger charge is 2.17. The van der Waals surface area contributed by atoms with Crippen molar-refractivity contribution in [2.24, 2.45) is 5.92 Å². The van der Waals surface area contributed by atoms with Gasteiger partial charge in [-0.05, 0) is 52.0 Å². The molecule has 128 valence electrons. The summed E-state index contributed by atoms with van der Waals surface area (Å²) in [6.45, 7) is 1.46. The van der Waals surface area contributed by atoms with Crippen LogP contribution in [0, 0.1) is 5.92 Å². The van der Waals surface area contributed by atoms with Gasteiger partial charge in [0.2, 0.25) is 0 Å². The first-order chi connectivity index (χ1) is 10.9. The minimum Gasteiger partial charge on any atom is -0.493 e. The van der Waals surface area contributed by atoms with Gasteiger partial charge in [-0.25, -0.2) is 0 Å². The Kier molecular flexibility index (Phi) is 7.78. The summed E-state index contributed by atoms with van der Waals surface area (Å²) in [5, 5.41) is 0. The third-order valence-corrected chi connectivity index (χ3v) is 3.42. The molecular weight excluding hydrogens is 292 g/mol. The molecule has 0 heterocycles. The molecule has 0 aliphatic rings. The van der Waals surface area contributed by atoms with Gasteiger partial charge in [0.1, 0.15) is 0 Å². The molecule has 0 saturated heterocycles. The second kappa shape index (κ2) is 9.33. The van der Waals surface area contributed by atoms with Crippen LogP contribution in [0.2, 0.25) is 0 Å². The molecule has 0 aliphatic heterocycles. The van der Waals surface area contributed by atoms with Crippen molar-refractivity contribution in [1.82, 2.24) is 9.80 Å². The van der Waals surface area contributed by atoms with Gasteiger partial charge in [-0.3, -0.25) is 4.79 Å². The summed E-state index contributed by atoms with van der Waals surface area (Å²) in [7, 11) is 11.1. The molecule has 0 unspecified atom stereocenters. The van der Waals surface area contributed by atoms with E-state index in [-0.39, 0.29) is 11.7 Å². The first kappa shape index (κ1) is 19.2. The minimum atomic E-state index is -0.0450. The lowest BCUT2D eigenvalue weighted by molar-refractivity contribution is -0.119. The van der Waals surface area contributed by atoms with Gasteiger partial charge in [0.05, 0.1) is 14.2 Å². The fourth-order valence-corrected chi connectivity index (χ4v) is 2.39. The Morgan fingerprint density at radius 3 is 2.09 bits per heavy atom. The van der Waals surface area contributed by atoms with Gasteiger partial charge < -0.3 is 19.3 Å². The molecule has 1 aromatic rings. The normalized spacial score (nSPS) is 11.7. The number of allylic oxidation sites excluding steroid dienone is 1. The van der Waals surface area contributed by atoms with Crippen LogP contribution in [0.3, 0.4) is 0 Å². The highest BCUT2D eigenvalue weighted by atomic mass is 16.5. The fourth-order valence-electron chi connectivity index (χ4n) is 2.39. The molecule has 0 bridgehead atoms. The summed E-state index contributed by atoms with van der Waals surface area (Å²) < 4.78 is 10.5. The lowest BCUT2D eigenvalue weighted by Gasteiger charge is -2.22. The molecule has 5 nitrogen and oxygen atoms in total. The molecule has 0 radical (unpaired) electrons. The average Bonchev–Trinajstić information content (AvgIpc) is 2.50. The van der Waals surface area contributed by atoms with Crippen LogP contribution in [-0.2, 0) is 4.79 Å². The molecule has 0 aliphatic carbocycles. The van der Waals surface area contributed by atoms with E-state index in [2.05, 4.69) is 0 Å². The summed E-state index contributed by atoms with van der Waals surface area (Å²) in [5.74, 6) is 1.41. The van der Waals surface area contributed by atoms with E-state index in [0.717, 1.165) is 18.7 Å². The zero-order valence-corrected chi connectivity index (χ0v) is 15.0. The molecule has 23 heavy (non-hydrogen) atoms. The van der Waals surface area contributed by atoms with Crippen molar-refractivity contribution in [3.63, 3.8) is 0 Å². The number of hydrogen-bond acceptors (Lipinski definition) is 5. The average molecular weight is 320 g/mol. The largest absolute Gasteiger partial charge is 0.493 e. The Labute approximate surface area is 139 Å². The second-order valence-corrected chi connectivity index (χ2v) is 6.07. The topological polar surface area (TPSA) is 42.0 Å². The number of hydrogen-bond donors (Lipinski definition) is 0. The highest BCUT2D eigenvalue weighted by molar-refractivity contribution is 5.95. The van der Waals surface area contributed by atoms with Crippen molar-refractivity contribution in [2.45, 2.75) is 0 Å². The SMILES string of the molecule is COc1ccc(C=CC(=O)C(CN(C)C)CN(C)C)cc1OC. The molecule has 0 spiro atoms. The van der Waals surface area contributed by atoms with Crippen LogP contribution in [0.4, 0.5) is 0 Å². The summed E-state index contributed by atoms with van der Waals surface area (Å²) in [6.07, 6.45) is 3.47. The van der Waals surface area contributed by atoms with E-state index in [4.69, 9.17) is 9.47 Å². The molecule has 0 N–H and O–H groups in total. The van der Waals surface area contributed by atoms with Crippen molar-refractivity contribution in [1.29, 1.82) is 0 Å². The van der Waals surface area contributed by atoms with Crippen molar-refractivity contribution >= 4 is 11.9 Å². The number of carbonyl (C=O) groups excluding carboxylic acids is 1. The lowest BCUT2D eigenvalue weighted by Crippen LogP contribution is -2.34. The van der Waals surface area contributed by atoms with Crippen LogP contribution >= 0.6 is 0 Å². The molecule has 1 aromatic carbocycles. The van der Waals surface area contributed by atoms with Gasteiger partial charge in [-0.1, -0.05) is 12.1 Å². The molecule has 0 aromatic heterocycles. The van der Waals surface area contributed by atoms with Crippen molar-refractivity contribution in [3.05, 3.63) is 29.8 Å². The number of methoxy groups -OCH3 is 2. The summed E-state index contributed by atoms with van der Waals surface area (Å²) in [5.41, 5.74) is 0.907. The number of benzene rings is 1. The van der Waals surface area contributed by atoms with Crippen molar-refractivity contribution < 1.29 is 14.3 Å². The van der Waals surface area contributed by atoms with Crippen LogP contribution in [0.15, 0.2) is 24.3 Å². The predicted molar refractivity (Wildman–Crippen MR) is 94.2 cm³/mol. The zero-order valence-electron chi connectivity index (χ0n) is 15.0. The van der Waals surface area contributed by atoms with Gasteiger partial charge in [0, 0.05) is 19.0 Å². The molecule has 0 fully saturated rings. The maximum atomic E-state index is 12.5. The molecule has 0 saturated carbocycles. The van der Waals surface area contributed by atoms with E-state index in [9.17, 15) is 4.79 Å². The Bertz CT molecular complexity index is 529. The van der Waals surface area contributed by atoms with E-state index >= 15 is 0 Å². The van der Waals surface area contributed by atoms with Crippen LogP contribution < -0.4 is 9.47 Å². The Hall–Kier alpha value is -1.85. The summed E-state index contributed by atoms with van der Waals surface area (Å²) in [4.78, 5) is 16.5. The molecule has 0 amide bonds. The van der Waals surface area contributed by atoms with Gasteiger partial charge in [-0.15, -0.1) is 0 Å². The summed E-state index contributed by atoms with van der Waals surface area (Å²) >= 11 is 0. The van der Waals surface area contributed by atoms with Crippen molar-refractivity contribution in [2.75, 3.05) is 55.5 Å². The molecule has 5 heteroatoms. The smallest absolute Gasteiger partial charge is 0.161 e. The van der Waals surface area contributed by atoms with Crippen LogP contribution in [0.25, 0.3) is 6.08 Å². The maximum absolute atomic E-state index is 12.5. The molecule has 0 atom stereocenters. The third kappa shape index (κ3) is 6.42. The number of ketones is 1. The monoisotopic (exact) mass is 320 g/mol.